The van der Waals surface area contributed by atoms with E-state index in [0.29, 0.717) is 18.7 Å². The van der Waals surface area contributed by atoms with E-state index in [4.69, 9.17) is 5.73 Å². The van der Waals surface area contributed by atoms with E-state index < -0.39 is 0 Å². The molecule has 0 atom stereocenters. The van der Waals surface area contributed by atoms with Crippen LogP contribution >= 0.6 is 22.6 Å². The van der Waals surface area contributed by atoms with Crippen molar-refractivity contribution >= 4 is 45.2 Å². The van der Waals surface area contributed by atoms with Gasteiger partial charge in [0.2, 0.25) is 0 Å². The van der Waals surface area contributed by atoms with Crippen molar-refractivity contribution in [1.29, 1.82) is 0 Å². The highest BCUT2D eigenvalue weighted by atomic mass is 127. The van der Waals surface area contributed by atoms with Crippen molar-refractivity contribution in [2.45, 2.75) is 18.9 Å². The average molecular weight is 329 g/mol. The van der Waals surface area contributed by atoms with Crippen LogP contribution in [-0.2, 0) is 4.79 Å². The maximum Gasteiger partial charge on any atom is 0.164 e. The first-order chi connectivity index (χ1) is 7.66. The number of fused-ring (bicyclic) bond motifs is 1. The van der Waals surface area contributed by atoms with Crippen LogP contribution in [0.1, 0.15) is 18.9 Å². The molecule has 1 saturated carbocycles. The number of nitrogens with zero attached hydrogens (tertiary/aromatic N) is 4. The topological polar surface area (TPSA) is 86.7 Å². The van der Waals surface area contributed by atoms with Gasteiger partial charge in [0.05, 0.1) is 11.4 Å². The zero-order valence-electron chi connectivity index (χ0n) is 8.22. The van der Waals surface area contributed by atoms with E-state index in [9.17, 15) is 4.79 Å². The lowest BCUT2D eigenvalue weighted by molar-refractivity contribution is -0.126. The predicted octanol–water partition coefficient (Wildman–Crippen LogP) is 0.917. The van der Waals surface area contributed by atoms with E-state index in [1.165, 1.54) is 6.33 Å². The van der Waals surface area contributed by atoms with Gasteiger partial charge in [0.15, 0.2) is 5.65 Å². The Balaban J connectivity index is 2.19. The molecule has 82 valence electrons. The molecule has 0 aliphatic heterocycles. The minimum atomic E-state index is 0.132. The van der Waals surface area contributed by atoms with Crippen molar-refractivity contribution in [1.82, 2.24) is 19.7 Å². The predicted molar refractivity (Wildman–Crippen MR) is 65.7 cm³/mol. The number of ketones is 1. The Bertz CT molecular complexity index is 585. The fraction of sp³-hybridized carbons (Fsp3) is 0.333. The number of anilines is 1. The van der Waals surface area contributed by atoms with Crippen LogP contribution in [-0.4, -0.2) is 25.5 Å². The molecular formula is C9H8IN5O. The van der Waals surface area contributed by atoms with Crippen LogP contribution < -0.4 is 5.73 Å². The standard InChI is InChI=1S/C9H8IN5O/c10-7-6-8(11)12-3-13-9(6)15(14-7)4-1-5(16)2-4/h3-4H,1-2H2,(H2,11,12,13). The molecule has 0 amide bonds. The van der Waals surface area contributed by atoms with Crippen LogP contribution in [0.15, 0.2) is 6.33 Å². The van der Waals surface area contributed by atoms with Crippen LogP contribution in [0.4, 0.5) is 5.82 Å². The summed E-state index contributed by atoms with van der Waals surface area (Å²) in [4.78, 5) is 19.1. The van der Waals surface area contributed by atoms with Gasteiger partial charge < -0.3 is 5.73 Å². The summed E-state index contributed by atoms with van der Waals surface area (Å²) in [6.07, 6.45) is 2.50. The first-order valence-electron chi connectivity index (χ1n) is 4.82. The molecule has 16 heavy (non-hydrogen) atoms. The van der Waals surface area contributed by atoms with E-state index in [-0.39, 0.29) is 11.8 Å². The fourth-order valence-electron chi connectivity index (χ4n) is 1.85. The summed E-state index contributed by atoms with van der Waals surface area (Å²) in [5.41, 5.74) is 6.50. The van der Waals surface area contributed by atoms with Gasteiger partial charge in [-0.1, -0.05) is 0 Å². The summed E-state index contributed by atoms with van der Waals surface area (Å²) in [5.74, 6) is 0.706. The van der Waals surface area contributed by atoms with Gasteiger partial charge in [0.25, 0.3) is 0 Å². The first kappa shape index (κ1) is 9.94. The van der Waals surface area contributed by atoms with Crippen molar-refractivity contribution in [3.8, 4) is 0 Å². The monoisotopic (exact) mass is 329 g/mol. The number of carbonyl (C=O) groups is 1. The first-order valence-corrected chi connectivity index (χ1v) is 5.90. The van der Waals surface area contributed by atoms with Gasteiger partial charge in [-0.2, -0.15) is 5.10 Å². The number of nitrogens with two attached hydrogens (primary N) is 1. The van der Waals surface area contributed by atoms with Crippen molar-refractivity contribution in [2.75, 3.05) is 5.73 Å². The normalized spacial score (nSPS) is 16.7. The third-order valence-corrected chi connectivity index (χ3v) is 3.50. The van der Waals surface area contributed by atoms with Gasteiger partial charge in [0.1, 0.15) is 21.6 Å². The van der Waals surface area contributed by atoms with Crippen molar-refractivity contribution in [3.63, 3.8) is 0 Å². The molecule has 1 fully saturated rings. The number of hydrogen-bond acceptors (Lipinski definition) is 5. The molecule has 2 N–H and O–H groups in total. The third-order valence-electron chi connectivity index (χ3n) is 2.75. The Labute approximate surface area is 104 Å². The Morgan fingerprint density at radius 2 is 2.19 bits per heavy atom. The molecule has 7 heteroatoms. The SMILES string of the molecule is Nc1ncnc2c1c(I)nn2C1CC(=O)C1. The Kier molecular flexibility index (Phi) is 2.09. The van der Waals surface area contributed by atoms with Gasteiger partial charge in [-0.05, 0) is 22.6 Å². The van der Waals surface area contributed by atoms with Crippen LogP contribution in [0.25, 0.3) is 11.0 Å². The molecule has 1 aliphatic rings. The molecule has 2 heterocycles. The minimum Gasteiger partial charge on any atom is -0.383 e. The lowest BCUT2D eigenvalue weighted by Crippen LogP contribution is -2.27. The van der Waals surface area contributed by atoms with E-state index in [2.05, 4.69) is 37.7 Å². The number of rotatable bonds is 1. The van der Waals surface area contributed by atoms with Gasteiger partial charge in [-0.3, -0.25) is 4.79 Å². The Morgan fingerprint density at radius 1 is 1.44 bits per heavy atom. The average Bonchev–Trinajstić information content (AvgIpc) is 2.53. The van der Waals surface area contributed by atoms with Crippen molar-refractivity contribution in [2.24, 2.45) is 0 Å². The van der Waals surface area contributed by atoms with Gasteiger partial charge in [0, 0.05) is 12.8 Å². The zero-order valence-corrected chi connectivity index (χ0v) is 10.4. The second kappa shape index (κ2) is 3.37. The summed E-state index contributed by atoms with van der Waals surface area (Å²) in [7, 11) is 0. The smallest absolute Gasteiger partial charge is 0.164 e. The van der Waals surface area contributed by atoms with Crippen LogP contribution in [0.5, 0.6) is 0 Å². The molecule has 0 aromatic carbocycles. The number of aromatic nitrogens is 4. The molecule has 0 bridgehead atoms. The molecule has 2 aromatic rings. The Morgan fingerprint density at radius 3 is 2.88 bits per heavy atom. The quantitative estimate of drug-likeness (QED) is 0.786. The van der Waals surface area contributed by atoms with E-state index in [0.717, 1.165) is 14.7 Å². The van der Waals surface area contributed by atoms with Crippen LogP contribution in [0.2, 0.25) is 0 Å². The van der Waals surface area contributed by atoms with Crippen LogP contribution in [0, 0.1) is 3.70 Å². The summed E-state index contributed by atoms with van der Waals surface area (Å²) < 4.78 is 2.57. The largest absolute Gasteiger partial charge is 0.383 e. The van der Waals surface area contributed by atoms with Gasteiger partial charge in [-0.15, -0.1) is 0 Å². The fourth-order valence-corrected chi connectivity index (χ4v) is 2.60. The van der Waals surface area contributed by atoms with Crippen molar-refractivity contribution < 1.29 is 4.79 Å². The lowest BCUT2D eigenvalue weighted by Gasteiger charge is -2.24. The number of hydrogen-bond donors (Lipinski definition) is 1. The molecule has 3 rings (SSSR count). The van der Waals surface area contributed by atoms with E-state index in [1.807, 2.05) is 0 Å². The van der Waals surface area contributed by atoms with Crippen LogP contribution in [0.3, 0.4) is 0 Å². The third kappa shape index (κ3) is 1.30. The summed E-state index contributed by atoms with van der Waals surface area (Å²) in [6, 6.07) is 0.132. The highest BCUT2D eigenvalue weighted by Crippen LogP contribution is 2.32. The maximum absolute atomic E-state index is 11.0. The molecule has 0 saturated heterocycles. The molecule has 2 aromatic heterocycles. The molecule has 6 nitrogen and oxygen atoms in total. The lowest BCUT2D eigenvalue weighted by atomic mass is 9.92. The molecule has 0 spiro atoms. The second-order valence-electron chi connectivity index (χ2n) is 3.79. The Hall–Kier alpha value is -1.25. The highest BCUT2D eigenvalue weighted by Gasteiger charge is 2.31. The second-order valence-corrected chi connectivity index (χ2v) is 4.82. The highest BCUT2D eigenvalue weighted by molar-refractivity contribution is 14.1. The molecule has 1 aliphatic carbocycles. The molecule has 0 radical (unpaired) electrons. The summed E-state index contributed by atoms with van der Waals surface area (Å²) in [6.45, 7) is 0. The number of halogens is 1. The van der Waals surface area contributed by atoms with E-state index in [1.54, 1.807) is 4.68 Å². The summed E-state index contributed by atoms with van der Waals surface area (Å²) >= 11 is 2.11. The van der Waals surface area contributed by atoms with Gasteiger partial charge >= 0.3 is 0 Å². The number of nitrogen functional groups attached to an aromatic ring is 1. The van der Waals surface area contributed by atoms with Crippen molar-refractivity contribution in [3.05, 3.63) is 10.0 Å². The molecular weight excluding hydrogens is 321 g/mol. The van der Waals surface area contributed by atoms with Gasteiger partial charge in [-0.25, -0.2) is 14.6 Å². The maximum atomic E-state index is 11.0. The number of Topliss-reactive ketones (excluding diaryl/α,β-unsaturated/α-hetero) is 1. The molecule has 0 unspecified atom stereocenters. The zero-order chi connectivity index (χ0) is 11.3. The summed E-state index contributed by atoms with van der Waals surface area (Å²) in [5, 5.41) is 5.16. The number of carbonyl (C=O) groups excluding carboxylic acids is 1. The van der Waals surface area contributed by atoms with E-state index >= 15 is 0 Å². The minimum absolute atomic E-state index is 0.132.